The van der Waals surface area contributed by atoms with E-state index in [2.05, 4.69) is 33.7 Å². The Morgan fingerprint density at radius 2 is 2.03 bits per heavy atom. The average molecular weight is 480 g/mol. The summed E-state index contributed by atoms with van der Waals surface area (Å²) in [4.78, 5) is 31.4. The van der Waals surface area contributed by atoms with Crippen LogP contribution in [0.25, 0.3) is 11.2 Å². The van der Waals surface area contributed by atoms with Crippen LogP contribution in [-0.2, 0) is 21.1 Å². The summed E-state index contributed by atoms with van der Waals surface area (Å²) in [6.07, 6.45) is 1.22. The Balaban J connectivity index is 1.77. The van der Waals surface area contributed by atoms with Gasteiger partial charge in [0.1, 0.15) is 23.8 Å². The summed E-state index contributed by atoms with van der Waals surface area (Å²) >= 11 is 5.89. The lowest BCUT2D eigenvalue weighted by Gasteiger charge is -2.17. The zero-order chi connectivity index (χ0) is 21.9. The topological polar surface area (TPSA) is 169 Å². The standard InChI is InChI=1S/C16H26N5O6PS2/c1-2-3-4-5-6-30-16-19-13(17)10-14(20-16)21(8-18-10)15-12(23)11(22)9(27-15)7-26-28(24,25)29/h8-9,11-12,15,22-23H,2-7H2,1H3,(H2,17,19,20)(H2,24,25,29)/t9-,11-,12-,15-/m1/s1. The molecule has 0 aromatic carbocycles. The summed E-state index contributed by atoms with van der Waals surface area (Å²) in [6.45, 7) is -2.15. The number of aliphatic hydroxyl groups is 2. The van der Waals surface area contributed by atoms with Crippen LogP contribution in [0.3, 0.4) is 0 Å². The predicted octanol–water partition coefficient (Wildman–Crippen LogP) is 0.926. The van der Waals surface area contributed by atoms with Gasteiger partial charge in [0.25, 0.3) is 0 Å². The van der Waals surface area contributed by atoms with Crippen molar-refractivity contribution in [2.75, 3.05) is 18.1 Å². The fourth-order valence-corrected chi connectivity index (χ4v) is 4.50. The monoisotopic (exact) mass is 479 g/mol. The maximum atomic E-state index is 10.5. The molecular formula is C16H26N5O6PS2. The van der Waals surface area contributed by atoms with Gasteiger partial charge in [-0.05, 0) is 18.2 Å². The molecule has 4 atom stereocenters. The third-order valence-corrected chi connectivity index (χ3v) is 6.41. The van der Waals surface area contributed by atoms with Crippen LogP contribution in [0, 0.1) is 0 Å². The van der Waals surface area contributed by atoms with Crippen molar-refractivity contribution in [3.05, 3.63) is 6.33 Å². The van der Waals surface area contributed by atoms with E-state index in [9.17, 15) is 20.0 Å². The summed E-state index contributed by atoms with van der Waals surface area (Å²) in [7, 11) is 0. The molecule has 0 amide bonds. The van der Waals surface area contributed by atoms with Gasteiger partial charge in [0, 0.05) is 5.75 Å². The second-order valence-electron chi connectivity index (χ2n) is 6.96. The van der Waals surface area contributed by atoms with Gasteiger partial charge in [0.15, 0.2) is 22.8 Å². The zero-order valence-electron chi connectivity index (χ0n) is 16.4. The van der Waals surface area contributed by atoms with Crippen LogP contribution in [0.4, 0.5) is 5.82 Å². The molecule has 6 N–H and O–H groups in total. The van der Waals surface area contributed by atoms with E-state index in [0.29, 0.717) is 16.3 Å². The molecule has 1 aliphatic rings. The molecule has 0 bridgehead atoms. The molecule has 0 unspecified atom stereocenters. The number of aromatic nitrogens is 4. The third kappa shape index (κ3) is 5.67. The van der Waals surface area contributed by atoms with Crippen molar-refractivity contribution in [1.29, 1.82) is 0 Å². The smallest absolute Gasteiger partial charge is 0.321 e. The Morgan fingerprint density at radius 1 is 1.27 bits per heavy atom. The van der Waals surface area contributed by atoms with Crippen LogP contribution in [-0.4, -0.2) is 70.2 Å². The Labute approximate surface area is 182 Å². The molecule has 168 valence electrons. The lowest BCUT2D eigenvalue weighted by atomic mass is 10.1. The number of thioether (sulfide) groups is 1. The van der Waals surface area contributed by atoms with Crippen LogP contribution in [0.2, 0.25) is 0 Å². The molecule has 11 nitrogen and oxygen atoms in total. The van der Waals surface area contributed by atoms with Gasteiger partial charge in [-0.1, -0.05) is 37.9 Å². The first kappa shape index (κ1) is 23.8. The quantitative estimate of drug-likeness (QED) is 0.142. The summed E-state index contributed by atoms with van der Waals surface area (Å²) in [5.74, 6) is 1.07. The Morgan fingerprint density at radius 3 is 2.73 bits per heavy atom. The second-order valence-corrected chi connectivity index (χ2v) is 10.7. The molecule has 1 aliphatic heterocycles. The average Bonchev–Trinajstić information content (AvgIpc) is 3.21. The van der Waals surface area contributed by atoms with Gasteiger partial charge in [0.05, 0.1) is 12.9 Å². The van der Waals surface area contributed by atoms with Crippen molar-refractivity contribution >= 4 is 47.3 Å². The van der Waals surface area contributed by atoms with Gasteiger partial charge < -0.3 is 35.0 Å². The Kier molecular flexibility index (Phi) is 8.04. The molecule has 14 heteroatoms. The number of imidazole rings is 1. The van der Waals surface area contributed by atoms with E-state index in [4.69, 9.17) is 15.0 Å². The second kappa shape index (κ2) is 10.2. The van der Waals surface area contributed by atoms with Crippen molar-refractivity contribution in [3.8, 4) is 0 Å². The van der Waals surface area contributed by atoms with Gasteiger partial charge in [-0.2, -0.15) is 0 Å². The maximum absolute atomic E-state index is 10.5. The minimum Gasteiger partial charge on any atom is -0.387 e. The number of aliphatic hydroxyl groups excluding tert-OH is 2. The van der Waals surface area contributed by atoms with E-state index < -0.39 is 31.3 Å². The number of anilines is 1. The molecule has 1 saturated heterocycles. The van der Waals surface area contributed by atoms with Gasteiger partial charge >= 0.3 is 6.72 Å². The van der Waals surface area contributed by atoms with Crippen LogP contribution in [0.5, 0.6) is 0 Å². The van der Waals surface area contributed by atoms with Crippen molar-refractivity contribution in [3.63, 3.8) is 0 Å². The number of fused-ring (bicyclic) bond motifs is 1. The number of nitrogen functional groups attached to an aromatic ring is 1. The Bertz CT molecular complexity index is 912. The molecule has 3 rings (SSSR count). The van der Waals surface area contributed by atoms with E-state index in [1.807, 2.05) is 0 Å². The number of unbranched alkanes of at least 4 members (excludes halogenated alkanes) is 3. The summed E-state index contributed by atoms with van der Waals surface area (Å²) in [5.41, 5.74) is 6.75. The van der Waals surface area contributed by atoms with E-state index >= 15 is 0 Å². The highest BCUT2D eigenvalue weighted by Gasteiger charge is 2.45. The minimum absolute atomic E-state index is 0.212. The highest BCUT2D eigenvalue weighted by molar-refractivity contribution is 8.06. The lowest BCUT2D eigenvalue weighted by molar-refractivity contribution is -0.0487. The van der Waals surface area contributed by atoms with Crippen LogP contribution >= 0.6 is 18.5 Å². The fourth-order valence-electron chi connectivity index (χ4n) is 3.13. The molecule has 0 spiro atoms. The molecule has 0 saturated carbocycles. The van der Waals surface area contributed by atoms with Gasteiger partial charge in [-0.3, -0.25) is 4.57 Å². The van der Waals surface area contributed by atoms with E-state index in [1.54, 1.807) is 0 Å². The van der Waals surface area contributed by atoms with Crippen molar-refractivity contribution in [2.45, 2.75) is 62.3 Å². The van der Waals surface area contributed by atoms with Crippen molar-refractivity contribution in [2.24, 2.45) is 0 Å². The maximum Gasteiger partial charge on any atom is 0.321 e. The summed E-state index contributed by atoms with van der Waals surface area (Å²) < 4.78 is 11.9. The van der Waals surface area contributed by atoms with Gasteiger partial charge in [0.2, 0.25) is 0 Å². The highest BCUT2D eigenvalue weighted by atomic mass is 32.5. The molecule has 0 radical (unpaired) electrons. The molecule has 3 heterocycles. The van der Waals surface area contributed by atoms with Crippen LogP contribution in [0.15, 0.2) is 11.5 Å². The number of ether oxygens (including phenoxy) is 1. The molecule has 2 aromatic heterocycles. The highest BCUT2D eigenvalue weighted by Crippen LogP contribution is 2.39. The zero-order valence-corrected chi connectivity index (χ0v) is 18.9. The predicted molar refractivity (Wildman–Crippen MR) is 115 cm³/mol. The first-order valence-corrected chi connectivity index (χ1v) is 13.2. The molecule has 30 heavy (non-hydrogen) atoms. The third-order valence-electron chi connectivity index (χ3n) is 4.68. The molecule has 1 fully saturated rings. The summed E-state index contributed by atoms with van der Waals surface area (Å²) in [6, 6.07) is 0. The number of nitrogens with two attached hydrogens (primary N) is 1. The molecule has 2 aromatic rings. The van der Waals surface area contributed by atoms with Crippen molar-refractivity contribution in [1.82, 2.24) is 19.5 Å². The Hall–Kier alpha value is -0.890. The molecule has 0 aliphatic carbocycles. The van der Waals surface area contributed by atoms with E-state index in [0.717, 1.165) is 25.0 Å². The van der Waals surface area contributed by atoms with Crippen LogP contribution < -0.4 is 5.73 Å². The van der Waals surface area contributed by atoms with Gasteiger partial charge in [-0.25, -0.2) is 15.0 Å². The number of hydrogen-bond donors (Lipinski definition) is 5. The first-order valence-electron chi connectivity index (χ1n) is 9.55. The normalized spacial score (nSPS) is 24.7. The first-order chi connectivity index (χ1) is 14.2. The SMILES string of the molecule is CCCCCCSc1nc(N)c2ncn([C@@H]3O[C@H](COP(O)(O)=S)[C@@H](O)[C@H]3O)c2n1. The minimum atomic E-state index is -3.91. The van der Waals surface area contributed by atoms with E-state index in [1.165, 1.54) is 29.1 Å². The number of rotatable bonds is 10. The molecular weight excluding hydrogens is 453 g/mol. The van der Waals surface area contributed by atoms with Crippen LogP contribution in [0.1, 0.15) is 38.8 Å². The van der Waals surface area contributed by atoms with E-state index in [-0.39, 0.29) is 12.4 Å². The largest absolute Gasteiger partial charge is 0.387 e. The summed E-state index contributed by atoms with van der Waals surface area (Å²) in [5, 5.41) is 21.2. The lowest BCUT2D eigenvalue weighted by Crippen LogP contribution is -2.33. The number of nitrogens with zero attached hydrogens (tertiary/aromatic N) is 4. The van der Waals surface area contributed by atoms with Gasteiger partial charge in [-0.15, -0.1) is 0 Å². The fraction of sp³-hybridized carbons (Fsp3) is 0.688. The van der Waals surface area contributed by atoms with Crippen molar-refractivity contribution < 1.29 is 29.3 Å². The number of hydrogen-bond acceptors (Lipinski definition) is 10.